The fourth-order valence-electron chi connectivity index (χ4n) is 2.95. The summed E-state index contributed by atoms with van der Waals surface area (Å²) in [4.78, 5) is 11.4. The largest absolute Gasteiger partial charge is 0.353 e. The van der Waals surface area contributed by atoms with Crippen LogP contribution in [0.1, 0.15) is 46.4 Å². The highest BCUT2D eigenvalue weighted by Gasteiger charge is 2.29. The van der Waals surface area contributed by atoms with Gasteiger partial charge in [0.25, 0.3) is 0 Å². The molecule has 106 valence electrons. The smallest absolute Gasteiger partial charge is 0.134 e. The van der Waals surface area contributed by atoms with Gasteiger partial charge in [-0.1, -0.05) is 32.4 Å². The van der Waals surface area contributed by atoms with E-state index in [0.29, 0.717) is 23.0 Å². The Balaban J connectivity index is 2.28. The maximum Gasteiger partial charge on any atom is 0.134 e. The maximum absolute atomic E-state index is 6.15. The van der Waals surface area contributed by atoms with Gasteiger partial charge >= 0.3 is 0 Å². The van der Waals surface area contributed by atoms with Crippen molar-refractivity contribution in [3.8, 4) is 0 Å². The highest BCUT2D eigenvalue weighted by Crippen LogP contribution is 2.31. The Morgan fingerprint density at radius 1 is 1.32 bits per heavy atom. The molecule has 2 heterocycles. The van der Waals surface area contributed by atoms with Crippen LogP contribution < -0.4 is 4.90 Å². The van der Waals surface area contributed by atoms with Crippen LogP contribution in [0.4, 0.5) is 5.82 Å². The second-order valence-corrected chi connectivity index (χ2v) is 6.31. The summed E-state index contributed by atoms with van der Waals surface area (Å²) >= 11 is 6.15. The summed E-state index contributed by atoms with van der Waals surface area (Å²) in [6, 6.07) is 2.42. The first-order valence-electron chi connectivity index (χ1n) is 7.31. The third-order valence-electron chi connectivity index (χ3n) is 4.09. The fourth-order valence-corrected chi connectivity index (χ4v) is 3.15. The molecule has 1 aromatic rings. The van der Waals surface area contributed by atoms with Gasteiger partial charge in [0.05, 0.1) is 0 Å². The first kappa shape index (κ1) is 14.6. The Kier molecular flexibility index (Phi) is 4.67. The van der Waals surface area contributed by atoms with E-state index in [9.17, 15) is 0 Å². The van der Waals surface area contributed by atoms with Crippen LogP contribution in [0.25, 0.3) is 0 Å². The molecule has 1 aliphatic rings. The van der Waals surface area contributed by atoms with Crippen molar-refractivity contribution in [1.29, 1.82) is 0 Å². The van der Waals surface area contributed by atoms with E-state index in [1.54, 1.807) is 0 Å². The summed E-state index contributed by atoms with van der Waals surface area (Å²) in [5.74, 6) is 3.25. The second kappa shape index (κ2) is 6.08. The van der Waals surface area contributed by atoms with Gasteiger partial charge in [-0.25, -0.2) is 9.97 Å². The van der Waals surface area contributed by atoms with Crippen LogP contribution in [0.5, 0.6) is 0 Å². The van der Waals surface area contributed by atoms with Crippen molar-refractivity contribution in [2.75, 3.05) is 11.4 Å². The Hall–Kier alpha value is -0.830. The topological polar surface area (TPSA) is 29.0 Å². The zero-order valence-corrected chi connectivity index (χ0v) is 13.1. The van der Waals surface area contributed by atoms with Gasteiger partial charge in [-0.05, 0) is 31.6 Å². The highest BCUT2D eigenvalue weighted by molar-refractivity contribution is 6.29. The van der Waals surface area contributed by atoms with E-state index in [0.717, 1.165) is 31.0 Å². The minimum absolute atomic E-state index is 0.511. The molecule has 0 N–H and O–H groups in total. The van der Waals surface area contributed by atoms with Gasteiger partial charge in [0.15, 0.2) is 0 Å². The molecular weight excluding hydrogens is 258 g/mol. The lowest BCUT2D eigenvalue weighted by Crippen LogP contribution is -2.46. The summed E-state index contributed by atoms with van der Waals surface area (Å²) in [5.41, 5.74) is 0. The molecule has 1 fully saturated rings. The van der Waals surface area contributed by atoms with Crippen molar-refractivity contribution in [1.82, 2.24) is 9.97 Å². The molecule has 1 saturated heterocycles. The normalized spacial score (nSPS) is 27.6. The molecule has 0 spiro atoms. The molecule has 0 amide bonds. The van der Waals surface area contributed by atoms with E-state index in [1.165, 1.54) is 6.42 Å². The highest BCUT2D eigenvalue weighted by atomic mass is 35.5. The third-order valence-corrected chi connectivity index (χ3v) is 4.29. The van der Waals surface area contributed by atoms with E-state index in [-0.39, 0.29) is 0 Å². The van der Waals surface area contributed by atoms with E-state index in [1.807, 2.05) is 6.07 Å². The first-order valence-corrected chi connectivity index (χ1v) is 7.69. The molecule has 1 aromatic heterocycles. The molecule has 3 unspecified atom stereocenters. The molecule has 3 atom stereocenters. The predicted molar refractivity (Wildman–Crippen MR) is 80.8 cm³/mol. The summed E-state index contributed by atoms with van der Waals surface area (Å²) in [7, 11) is 0. The molecule has 2 rings (SSSR count). The minimum atomic E-state index is 0.511. The Morgan fingerprint density at radius 3 is 2.74 bits per heavy atom. The van der Waals surface area contributed by atoms with Crippen LogP contribution in [0.3, 0.4) is 0 Å². The molecule has 1 aliphatic heterocycles. The number of hydrogen-bond acceptors (Lipinski definition) is 3. The maximum atomic E-state index is 6.15. The summed E-state index contributed by atoms with van der Waals surface area (Å²) in [6.45, 7) is 10.1. The van der Waals surface area contributed by atoms with Gasteiger partial charge < -0.3 is 4.90 Å². The summed E-state index contributed by atoms with van der Waals surface area (Å²) < 4.78 is 0. The molecule has 0 radical (unpaired) electrons. The average Bonchev–Trinajstić information content (AvgIpc) is 2.33. The van der Waals surface area contributed by atoms with Crippen LogP contribution in [0.15, 0.2) is 6.07 Å². The van der Waals surface area contributed by atoms with Gasteiger partial charge in [-0.2, -0.15) is 0 Å². The van der Waals surface area contributed by atoms with E-state index >= 15 is 0 Å². The van der Waals surface area contributed by atoms with Crippen LogP contribution in [-0.4, -0.2) is 22.6 Å². The van der Waals surface area contributed by atoms with E-state index in [4.69, 9.17) is 16.6 Å². The number of aryl methyl sites for hydroxylation is 1. The van der Waals surface area contributed by atoms with Crippen molar-refractivity contribution in [2.45, 2.75) is 53.0 Å². The van der Waals surface area contributed by atoms with Crippen LogP contribution in [0, 0.1) is 11.8 Å². The van der Waals surface area contributed by atoms with Crippen molar-refractivity contribution in [3.63, 3.8) is 0 Å². The summed E-state index contributed by atoms with van der Waals surface area (Å²) in [6.07, 6.45) is 3.22. The quantitative estimate of drug-likeness (QED) is 0.786. The summed E-state index contributed by atoms with van der Waals surface area (Å²) in [5, 5.41) is 0.562. The molecule has 19 heavy (non-hydrogen) atoms. The van der Waals surface area contributed by atoms with Crippen LogP contribution >= 0.6 is 11.6 Å². The van der Waals surface area contributed by atoms with Crippen LogP contribution in [0.2, 0.25) is 5.15 Å². The van der Waals surface area contributed by atoms with E-state index < -0.39 is 0 Å². The lowest BCUT2D eigenvalue weighted by atomic mass is 9.86. The van der Waals surface area contributed by atoms with Gasteiger partial charge in [-0.3, -0.25) is 0 Å². The van der Waals surface area contributed by atoms with Crippen molar-refractivity contribution in [2.24, 2.45) is 11.8 Å². The van der Waals surface area contributed by atoms with E-state index in [2.05, 4.69) is 37.6 Å². The fraction of sp³-hybridized carbons (Fsp3) is 0.733. The number of aromatic nitrogens is 2. The number of rotatable bonds is 3. The van der Waals surface area contributed by atoms with Crippen LogP contribution in [-0.2, 0) is 6.42 Å². The minimum Gasteiger partial charge on any atom is -0.353 e. The molecule has 0 aromatic carbocycles. The molecule has 0 saturated carbocycles. The zero-order chi connectivity index (χ0) is 14.0. The lowest BCUT2D eigenvalue weighted by molar-refractivity contribution is 0.295. The lowest BCUT2D eigenvalue weighted by Gasteiger charge is -2.42. The van der Waals surface area contributed by atoms with Gasteiger partial charge in [0.2, 0.25) is 0 Å². The number of hydrogen-bond donors (Lipinski definition) is 0. The van der Waals surface area contributed by atoms with Gasteiger partial charge in [-0.15, -0.1) is 0 Å². The molecule has 4 heteroatoms. The first-order chi connectivity index (χ1) is 9.01. The number of halogens is 1. The second-order valence-electron chi connectivity index (χ2n) is 5.93. The average molecular weight is 282 g/mol. The molecule has 3 nitrogen and oxygen atoms in total. The Bertz CT molecular complexity index is 435. The zero-order valence-electron chi connectivity index (χ0n) is 12.4. The Morgan fingerprint density at radius 2 is 2.05 bits per heavy atom. The number of anilines is 1. The van der Waals surface area contributed by atoms with Gasteiger partial charge in [0, 0.05) is 25.1 Å². The molecule has 0 bridgehead atoms. The van der Waals surface area contributed by atoms with Crippen molar-refractivity contribution in [3.05, 3.63) is 17.0 Å². The SMILES string of the molecule is CCCc1nc(Cl)cc(N2CC(C)CC(C)C2C)n1. The Labute approximate surface area is 121 Å². The number of nitrogens with zero attached hydrogens (tertiary/aromatic N) is 3. The van der Waals surface area contributed by atoms with Crippen molar-refractivity contribution >= 4 is 17.4 Å². The third kappa shape index (κ3) is 3.38. The van der Waals surface area contributed by atoms with Gasteiger partial charge in [0.1, 0.15) is 16.8 Å². The standard InChI is InChI=1S/C15H24ClN3/c1-5-6-14-17-13(16)8-15(18-14)19-9-10(2)7-11(3)12(19)4/h8,10-12H,5-7,9H2,1-4H3. The number of piperidine rings is 1. The molecule has 0 aliphatic carbocycles. The monoisotopic (exact) mass is 281 g/mol. The van der Waals surface area contributed by atoms with Crippen molar-refractivity contribution < 1.29 is 0 Å². The molecular formula is C15H24ClN3. The predicted octanol–water partition coefficient (Wildman–Crippen LogP) is 3.95.